The highest BCUT2D eigenvalue weighted by Crippen LogP contribution is 2.45. The van der Waals surface area contributed by atoms with Gasteiger partial charge in [-0.1, -0.05) is 19.9 Å². The summed E-state index contributed by atoms with van der Waals surface area (Å²) >= 11 is 5.21. The molecule has 3 aromatic carbocycles. The molecule has 0 unspecified atom stereocenters. The van der Waals surface area contributed by atoms with Gasteiger partial charge in [-0.05, 0) is 86.9 Å². The van der Waals surface area contributed by atoms with Crippen LogP contribution < -0.4 is 15.4 Å². The Kier molecular flexibility index (Phi) is 7.81. The van der Waals surface area contributed by atoms with Crippen molar-refractivity contribution >= 4 is 61.6 Å². The normalized spacial score (nSPS) is 11.9. The second kappa shape index (κ2) is 11.7. The number of nitrogens with one attached hydrogen (secondary N) is 3. The van der Waals surface area contributed by atoms with Gasteiger partial charge in [0.2, 0.25) is 0 Å². The molecule has 0 saturated carbocycles. The topological polar surface area (TPSA) is 110 Å². The van der Waals surface area contributed by atoms with Crippen LogP contribution in [-0.2, 0) is 11.3 Å². The Morgan fingerprint density at radius 3 is 2.63 bits per heavy atom. The minimum atomic E-state index is -0.625. The van der Waals surface area contributed by atoms with Gasteiger partial charge in [-0.3, -0.25) is 9.59 Å². The molecule has 1 aliphatic rings. The molecule has 0 radical (unpaired) electrons. The molecule has 8 nitrogen and oxygen atoms in total. The number of anilines is 1. The summed E-state index contributed by atoms with van der Waals surface area (Å²) < 4.78 is 12.0. The van der Waals surface area contributed by atoms with Gasteiger partial charge in [0.25, 0.3) is 11.8 Å². The van der Waals surface area contributed by atoms with Gasteiger partial charge in [-0.25, -0.2) is 4.79 Å². The fourth-order valence-corrected chi connectivity index (χ4v) is 6.62. The van der Waals surface area contributed by atoms with E-state index in [4.69, 9.17) is 9.47 Å². The average Bonchev–Trinajstić information content (AvgIpc) is 3.70. The lowest BCUT2D eigenvalue weighted by atomic mass is 9.90. The molecule has 0 saturated heterocycles. The molecule has 43 heavy (non-hydrogen) atoms. The van der Waals surface area contributed by atoms with Crippen LogP contribution in [0.15, 0.2) is 70.6 Å². The molecule has 0 aliphatic carbocycles. The molecule has 0 spiro atoms. The van der Waals surface area contributed by atoms with Crippen LogP contribution in [0, 0.1) is 5.92 Å². The van der Waals surface area contributed by atoms with E-state index in [2.05, 4.69) is 31.5 Å². The Balaban J connectivity index is 1.49. The maximum atomic E-state index is 14.1. The van der Waals surface area contributed by atoms with E-state index in [0.29, 0.717) is 46.8 Å². The summed E-state index contributed by atoms with van der Waals surface area (Å²) in [5.74, 6) is -0.425. The molecular formula is C33H28BrN3O5S. The van der Waals surface area contributed by atoms with Crippen LogP contribution in [0.5, 0.6) is 5.75 Å². The molecule has 10 heteroatoms. The lowest BCUT2D eigenvalue weighted by Gasteiger charge is -2.22. The summed E-state index contributed by atoms with van der Waals surface area (Å²) in [6.45, 7) is 4.90. The molecule has 3 heterocycles. The van der Waals surface area contributed by atoms with Crippen molar-refractivity contribution in [2.45, 2.75) is 20.5 Å². The molecule has 6 rings (SSSR count). The third kappa shape index (κ3) is 5.44. The van der Waals surface area contributed by atoms with E-state index in [9.17, 15) is 14.4 Å². The van der Waals surface area contributed by atoms with Crippen molar-refractivity contribution < 1.29 is 23.9 Å². The first-order valence-corrected chi connectivity index (χ1v) is 15.4. The number of fused-ring (bicyclic) bond motifs is 4. The number of benzene rings is 3. The fraction of sp³-hybridized carbons (Fsp3) is 0.182. The fourth-order valence-electron chi connectivity index (χ4n) is 5.11. The zero-order chi connectivity index (χ0) is 30.2. The van der Waals surface area contributed by atoms with Gasteiger partial charge >= 0.3 is 5.97 Å². The number of aromatic amines is 1. The number of thiophene rings is 1. The number of methoxy groups -OCH3 is 1. The van der Waals surface area contributed by atoms with Gasteiger partial charge in [-0.2, -0.15) is 0 Å². The number of H-pyrrole nitrogens is 1. The van der Waals surface area contributed by atoms with Crippen molar-refractivity contribution in [3.05, 3.63) is 92.9 Å². The first-order chi connectivity index (χ1) is 20.7. The number of carbonyl (C=O) groups excluding carboxylic acids is 3. The lowest BCUT2D eigenvalue weighted by molar-refractivity contribution is 0.0601. The Morgan fingerprint density at radius 2 is 1.84 bits per heavy atom. The van der Waals surface area contributed by atoms with Crippen molar-refractivity contribution in [2.24, 2.45) is 5.92 Å². The minimum Gasteiger partial charge on any atom is -0.488 e. The smallest absolute Gasteiger partial charge is 0.338 e. The van der Waals surface area contributed by atoms with Gasteiger partial charge in [0.05, 0.1) is 22.8 Å². The molecular weight excluding hydrogens is 630 g/mol. The number of halogens is 1. The first kappa shape index (κ1) is 28.7. The molecule has 2 aromatic heterocycles. The van der Waals surface area contributed by atoms with Crippen molar-refractivity contribution in [2.75, 3.05) is 19.0 Å². The molecule has 0 fully saturated rings. The first-order valence-electron chi connectivity index (χ1n) is 13.7. The highest BCUT2D eigenvalue weighted by molar-refractivity contribution is 9.10. The highest BCUT2D eigenvalue weighted by Gasteiger charge is 2.27. The standard InChI is InChI=1S/C33H28BrN3O5S/c1-17(2)15-36-31(38)18-4-5-20(24(12-18)33(40)41-3)22-14-28-25(30-19(16-42-28)9-11-43-30)13-23(22)32(39)37-27-7-6-26-21(29(27)34)8-10-35-26/h4-14,17,35H,15-16H2,1-3H3,(H,36,38)(H,37,39). The van der Waals surface area contributed by atoms with E-state index in [0.717, 1.165) is 31.4 Å². The van der Waals surface area contributed by atoms with E-state index in [1.165, 1.54) is 13.2 Å². The summed E-state index contributed by atoms with van der Waals surface area (Å²) in [6.07, 6.45) is 1.84. The van der Waals surface area contributed by atoms with E-state index >= 15 is 0 Å². The molecule has 2 amide bonds. The summed E-state index contributed by atoms with van der Waals surface area (Å²) in [4.78, 5) is 44.2. The van der Waals surface area contributed by atoms with Crippen LogP contribution in [-0.4, -0.2) is 36.4 Å². The number of esters is 1. The van der Waals surface area contributed by atoms with Crippen LogP contribution in [0.25, 0.3) is 32.5 Å². The molecule has 3 N–H and O–H groups in total. The molecule has 0 atom stereocenters. The van der Waals surface area contributed by atoms with Crippen molar-refractivity contribution in [3.63, 3.8) is 0 Å². The van der Waals surface area contributed by atoms with E-state index in [1.807, 2.05) is 55.8 Å². The molecule has 5 aromatic rings. The lowest BCUT2D eigenvalue weighted by Crippen LogP contribution is -2.27. The summed E-state index contributed by atoms with van der Waals surface area (Å²) in [7, 11) is 1.29. The van der Waals surface area contributed by atoms with Crippen LogP contribution >= 0.6 is 27.3 Å². The van der Waals surface area contributed by atoms with Gasteiger partial charge in [0, 0.05) is 50.8 Å². The number of hydrogen-bond acceptors (Lipinski definition) is 6. The summed E-state index contributed by atoms with van der Waals surface area (Å²) in [6, 6.07) is 16.1. The number of aromatic nitrogens is 1. The van der Waals surface area contributed by atoms with E-state index in [1.54, 1.807) is 29.5 Å². The zero-order valence-corrected chi connectivity index (χ0v) is 26.1. The predicted octanol–water partition coefficient (Wildman–Crippen LogP) is 7.64. The Labute approximate surface area is 260 Å². The number of amides is 2. The summed E-state index contributed by atoms with van der Waals surface area (Å²) in [5, 5.41) is 8.86. The van der Waals surface area contributed by atoms with Crippen molar-refractivity contribution in [1.82, 2.24) is 10.3 Å². The van der Waals surface area contributed by atoms with Gasteiger partial charge in [0.1, 0.15) is 12.4 Å². The number of ether oxygens (including phenoxy) is 2. The largest absolute Gasteiger partial charge is 0.488 e. The second-order valence-electron chi connectivity index (χ2n) is 10.6. The molecule has 1 aliphatic heterocycles. The number of rotatable bonds is 7. The van der Waals surface area contributed by atoms with Gasteiger partial charge in [0.15, 0.2) is 0 Å². The highest BCUT2D eigenvalue weighted by atomic mass is 79.9. The van der Waals surface area contributed by atoms with Gasteiger partial charge in [-0.15, -0.1) is 11.3 Å². The van der Waals surface area contributed by atoms with Crippen molar-refractivity contribution in [1.29, 1.82) is 0 Å². The third-order valence-corrected chi connectivity index (χ3v) is 9.15. The van der Waals surface area contributed by atoms with Crippen LogP contribution in [0.2, 0.25) is 0 Å². The minimum absolute atomic E-state index is 0.163. The Hall–Kier alpha value is -4.41. The van der Waals surface area contributed by atoms with E-state index < -0.39 is 5.97 Å². The maximum absolute atomic E-state index is 14.1. The Morgan fingerprint density at radius 1 is 1.00 bits per heavy atom. The van der Waals surface area contributed by atoms with Crippen LogP contribution in [0.1, 0.15) is 50.5 Å². The SMILES string of the molecule is COC(=O)c1cc(C(=O)NCC(C)C)ccc1-c1cc2c(cc1C(=O)Nc1ccc3[nH]ccc3c1Br)-c1sccc1CO2. The molecule has 0 bridgehead atoms. The zero-order valence-electron chi connectivity index (χ0n) is 23.7. The molecule has 218 valence electrons. The predicted molar refractivity (Wildman–Crippen MR) is 172 cm³/mol. The Bertz CT molecular complexity index is 1910. The maximum Gasteiger partial charge on any atom is 0.338 e. The monoisotopic (exact) mass is 657 g/mol. The second-order valence-corrected chi connectivity index (χ2v) is 12.3. The summed E-state index contributed by atoms with van der Waals surface area (Å²) in [5.41, 5.74) is 5.12. The van der Waals surface area contributed by atoms with Crippen molar-refractivity contribution in [3.8, 4) is 27.3 Å². The third-order valence-electron chi connectivity index (χ3n) is 7.30. The average molecular weight is 659 g/mol. The van der Waals surface area contributed by atoms with Crippen LogP contribution in [0.4, 0.5) is 5.69 Å². The van der Waals surface area contributed by atoms with E-state index in [-0.39, 0.29) is 23.3 Å². The van der Waals surface area contributed by atoms with Gasteiger partial charge < -0.3 is 25.1 Å². The number of carbonyl (C=O) groups is 3. The number of hydrogen-bond donors (Lipinski definition) is 3. The van der Waals surface area contributed by atoms with Crippen LogP contribution in [0.3, 0.4) is 0 Å². The quantitative estimate of drug-likeness (QED) is 0.156.